The van der Waals surface area contributed by atoms with Gasteiger partial charge >= 0.3 is 0 Å². The van der Waals surface area contributed by atoms with Gasteiger partial charge in [-0.05, 0) is 44.3 Å². The van der Waals surface area contributed by atoms with Gasteiger partial charge in [0.05, 0.1) is 5.69 Å². The van der Waals surface area contributed by atoms with Crippen LogP contribution in [-0.2, 0) is 4.79 Å². The first-order valence-electron chi connectivity index (χ1n) is 8.19. The van der Waals surface area contributed by atoms with Crippen LogP contribution in [0.1, 0.15) is 13.3 Å². The van der Waals surface area contributed by atoms with E-state index in [0.29, 0.717) is 0 Å². The van der Waals surface area contributed by atoms with Crippen molar-refractivity contribution in [2.45, 2.75) is 23.8 Å². The normalized spacial score (nSPS) is 28.0. The van der Waals surface area contributed by atoms with Gasteiger partial charge in [-0.15, -0.1) is 0 Å². The zero-order valence-corrected chi connectivity index (χ0v) is 14.5. The fourth-order valence-corrected chi connectivity index (χ4v) is 4.62. The average Bonchev–Trinajstić information content (AvgIpc) is 3.02. The van der Waals surface area contributed by atoms with Gasteiger partial charge in [0.2, 0.25) is 0 Å². The lowest BCUT2D eigenvalue weighted by molar-refractivity contribution is -0.121. The Kier molecular flexibility index (Phi) is 3.70. The summed E-state index contributed by atoms with van der Waals surface area (Å²) < 4.78 is 0. The Bertz CT molecular complexity index is 668. The van der Waals surface area contributed by atoms with Crippen LogP contribution < -0.4 is 4.90 Å². The topological polar surface area (TPSA) is 39.1 Å². The number of piperazine rings is 1. The number of thioether (sulfide) groups is 1. The molecule has 4 rings (SSSR count). The second kappa shape index (κ2) is 5.61. The third kappa shape index (κ3) is 2.49. The molecule has 23 heavy (non-hydrogen) atoms. The van der Waals surface area contributed by atoms with E-state index in [9.17, 15) is 4.79 Å². The summed E-state index contributed by atoms with van der Waals surface area (Å²) in [7, 11) is 2.16. The fraction of sp³-hybridized carbons (Fsp3) is 0.529. The number of likely N-dealkylation sites (N-methyl/N-ethyl adjacent to an activating group) is 1. The molecular weight excluding hydrogens is 308 g/mol. The van der Waals surface area contributed by atoms with Crippen molar-refractivity contribution < 1.29 is 4.79 Å². The van der Waals surface area contributed by atoms with Crippen LogP contribution in [0.15, 0.2) is 34.2 Å². The van der Waals surface area contributed by atoms with E-state index in [0.717, 1.165) is 50.0 Å². The van der Waals surface area contributed by atoms with Crippen LogP contribution in [0.3, 0.4) is 0 Å². The number of carbonyl (C=O) groups is 1. The number of hydrogen-bond donors (Lipinski definition) is 0. The Morgan fingerprint density at radius 2 is 1.96 bits per heavy atom. The van der Waals surface area contributed by atoms with Gasteiger partial charge < -0.3 is 14.7 Å². The van der Waals surface area contributed by atoms with Crippen LogP contribution >= 0.6 is 11.8 Å². The second-order valence-electron chi connectivity index (χ2n) is 6.77. The van der Waals surface area contributed by atoms with Crippen molar-refractivity contribution in [3.63, 3.8) is 0 Å². The van der Waals surface area contributed by atoms with Gasteiger partial charge in [-0.2, -0.15) is 4.99 Å². The first kappa shape index (κ1) is 15.2. The molecule has 0 bridgehead atoms. The molecule has 0 saturated carbocycles. The summed E-state index contributed by atoms with van der Waals surface area (Å²) in [5, 5.41) is 0.845. The van der Waals surface area contributed by atoms with Crippen LogP contribution in [0.25, 0.3) is 0 Å². The van der Waals surface area contributed by atoms with E-state index in [1.54, 1.807) is 11.8 Å². The summed E-state index contributed by atoms with van der Waals surface area (Å²) in [5.41, 5.74) is 0.584. The second-order valence-corrected chi connectivity index (χ2v) is 7.78. The molecule has 1 aromatic carbocycles. The molecule has 5 nitrogen and oxygen atoms in total. The molecule has 0 aromatic heterocycles. The van der Waals surface area contributed by atoms with E-state index < -0.39 is 5.54 Å². The lowest BCUT2D eigenvalue weighted by Crippen LogP contribution is -2.52. The maximum atomic E-state index is 12.6. The Hall–Kier alpha value is -1.37. The molecule has 1 amide bonds. The highest BCUT2D eigenvalue weighted by molar-refractivity contribution is 8.14. The third-order valence-corrected chi connectivity index (χ3v) is 6.18. The number of aliphatic imine (C=N–C) groups is 1. The number of amides is 1. The Morgan fingerprint density at radius 3 is 2.74 bits per heavy atom. The Balaban J connectivity index is 1.52. The summed E-state index contributed by atoms with van der Waals surface area (Å²) >= 11 is 1.61. The van der Waals surface area contributed by atoms with Crippen molar-refractivity contribution in [2.24, 2.45) is 4.99 Å². The van der Waals surface area contributed by atoms with Crippen molar-refractivity contribution in [2.75, 3.05) is 44.7 Å². The van der Waals surface area contributed by atoms with E-state index in [4.69, 9.17) is 0 Å². The Labute approximate surface area is 141 Å². The quantitative estimate of drug-likeness (QED) is 0.846. The summed E-state index contributed by atoms with van der Waals surface area (Å²) in [5.74, 6) is 0.00336. The summed E-state index contributed by atoms with van der Waals surface area (Å²) in [4.78, 5) is 25.1. The van der Waals surface area contributed by atoms with Gasteiger partial charge in [0.15, 0.2) is 5.17 Å². The number of fused-ring (bicyclic) bond motifs is 3. The summed E-state index contributed by atoms with van der Waals surface area (Å²) in [6, 6.07) is 8.27. The minimum atomic E-state index is -0.543. The van der Waals surface area contributed by atoms with E-state index >= 15 is 0 Å². The van der Waals surface area contributed by atoms with E-state index in [-0.39, 0.29) is 5.91 Å². The molecule has 0 aliphatic carbocycles. The maximum absolute atomic E-state index is 12.6. The molecule has 0 radical (unpaired) electrons. The number of carbonyl (C=O) groups excluding carboxylic acids is 1. The summed E-state index contributed by atoms with van der Waals surface area (Å²) in [6.45, 7) is 7.37. The van der Waals surface area contributed by atoms with Gasteiger partial charge in [-0.3, -0.25) is 4.79 Å². The monoisotopic (exact) mass is 330 g/mol. The molecule has 0 spiro atoms. The molecule has 3 aliphatic heterocycles. The number of rotatable bonds is 3. The molecule has 1 atom stereocenters. The predicted octanol–water partition coefficient (Wildman–Crippen LogP) is 1.89. The van der Waals surface area contributed by atoms with Gasteiger partial charge in [-0.25, -0.2) is 0 Å². The zero-order chi connectivity index (χ0) is 16.0. The first-order chi connectivity index (χ1) is 11.1. The minimum absolute atomic E-state index is 0.00336. The molecule has 1 fully saturated rings. The van der Waals surface area contributed by atoms with E-state index in [1.165, 1.54) is 4.90 Å². The average molecular weight is 330 g/mol. The van der Waals surface area contributed by atoms with Crippen molar-refractivity contribution >= 4 is 28.5 Å². The third-order valence-electron chi connectivity index (χ3n) is 5.16. The van der Waals surface area contributed by atoms with Gasteiger partial charge in [0.25, 0.3) is 5.91 Å². The number of para-hydroxylation sites is 1. The Morgan fingerprint density at radius 1 is 1.22 bits per heavy atom. The largest absolute Gasteiger partial charge is 0.304 e. The van der Waals surface area contributed by atoms with Crippen LogP contribution in [0, 0.1) is 0 Å². The van der Waals surface area contributed by atoms with E-state index in [2.05, 4.69) is 38.9 Å². The maximum Gasteiger partial charge on any atom is 0.274 e. The molecule has 3 heterocycles. The molecule has 6 heteroatoms. The van der Waals surface area contributed by atoms with Crippen molar-refractivity contribution in [1.82, 2.24) is 9.80 Å². The zero-order valence-electron chi connectivity index (χ0n) is 13.7. The van der Waals surface area contributed by atoms with Gasteiger partial charge in [0, 0.05) is 37.6 Å². The number of benzene rings is 1. The molecular formula is C17H22N4OS. The molecule has 1 saturated heterocycles. The smallest absolute Gasteiger partial charge is 0.274 e. The molecule has 1 aromatic rings. The lowest BCUT2D eigenvalue weighted by Gasteiger charge is -2.37. The molecule has 1 unspecified atom stereocenters. The molecule has 0 N–H and O–H groups in total. The van der Waals surface area contributed by atoms with Crippen LogP contribution in [0.2, 0.25) is 0 Å². The highest BCUT2D eigenvalue weighted by Gasteiger charge is 2.50. The number of anilines is 1. The molecule has 122 valence electrons. The van der Waals surface area contributed by atoms with Crippen molar-refractivity contribution in [3.05, 3.63) is 24.3 Å². The van der Waals surface area contributed by atoms with Crippen LogP contribution in [0.4, 0.5) is 5.69 Å². The van der Waals surface area contributed by atoms with Gasteiger partial charge in [0.1, 0.15) is 5.54 Å². The van der Waals surface area contributed by atoms with Crippen LogP contribution in [-0.4, -0.2) is 66.2 Å². The van der Waals surface area contributed by atoms with Crippen LogP contribution in [0.5, 0.6) is 0 Å². The number of nitrogens with zero attached hydrogens (tertiary/aromatic N) is 4. The number of amidine groups is 1. The predicted molar refractivity (Wildman–Crippen MR) is 94.2 cm³/mol. The van der Waals surface area contributed by atoms with E-state index in [1.807, 2.05) is 19.1 Å². The van der Waals surface area contributed by atoms with Gasteiger partial charge in [-0.1, -0.05) is 12.1 Å². The van der Waals surface area contributed by atoms with Crippen molar-refractivity contribution in [1.29, 1.82) is 0 Å². The first-order valence-corrected chi connectivity index (χ1v) is 9.01. The highest BCUT2D eigenvalue weighted by atomic mass is 32.2. The standard InChI is InChI=1S/C17H22N4OS/c1-17(7-8-20-11-9-19(2)10-12-20)15(22)18-16-21(17)13-5-3-4-6-14(13)23-16/h3-6H,7-12H2,1-2H3. The fourth-order valence-electron chi connectivity index (χ4n) is 3.49. The highest BCUT2D eigenvalue weighted by Crippen LogP contribution is 2.48. The summed E-state index contributed by atoms with van der Waals surface area (Å²) in [6.07, 6.45) is 0.817. The number of hydrogen-bond acceptors (Lipinski definition) is 5. The SMILES string of the molecule is CN1CCN(CCC2(C)C(=O)N=C3Sc4ccccc4N32)CC1. The lowest BCUT2D eigenvalue weighted by atomic mass is 9.94. The minimum Gasteiger partial charge on any atom is -0.304 e. The molecule has 3 aliphatic rings. The van der Waals surface area contributed by atoms with Crippen molar-refractivity contribution in [3.8, 4) is 0 Å².